The van der Waals surface area contributed by atoms with Gasteiger partial charge >= 0.3 is 0 Å². The average Bonchev–Trinajstić information content (AvgIpc) is 3.44. The van der Waals surface area contributed by atoms with Crippen LogP contribution in [0.3, 0.4) is 0 Å². The molecule has 10 nitrogen and oxygen atoms in total. The van der Waals surface area contributed by atoms with Crippen molar-refractivity contribution >= 4 is 34.3 Å². The molecule has 6 rings (SSSR count). The largest absolute Gasteiger partial charge is 0.457 e. The highest BCUT2D eigenvalue weighted by Crippen LogP contribution is 2.37. The summed E-state index contributed by atoms with van der Waals surface area (Å²) in [4.78, 5) is 30.2. The van der Waals surface area contributed by atoms with Crippen molar-refractivity contribution in [3.05, 3.63) is 73.1 Å². The maximum absolute atomic E-state index is 15.3. The molecule has 0 unspecified atom stereocenters. The number of aromatic nitrogens is 4. The highest BCUT2D eigenvalue weighted by atomic mass is 19.1. The van der Waals surface area contributed by atoms with E-state index < -0.39 is 5.82 Å². The Labute approximate surface area is 237 Å². The number of nitrogens with one attached hydrogen (secondary N) is 3. The van der Waals surface area contributed by atoms with Crippen molar-refractivity contribution < 1.29 is 18.7 Å². The van der Waals surface area contributed by atoms with Crippen molar-refractivity contribution in [1.82, 2.24) is 24.8 Å². The van der Waals surface area contributed by atoms with Crippen LogP contribution in [0, 0.1) is 5.82 Å². The number of ether oxygens (including phenoxy) is 2. The molecule has 2 aliphatic heterocycles. The van der Waals surface area contributed by atoms with Gasteiger partial charge in [-0.2, -0.15) is 0 Å². The smallest absolute Gasteiger partial charge is 0.245 e. The van der Waals surface area contributed by atoms with E-state index in [0.29, 0.717) is 47.9 Å². The van der Waals surface area contributed by atoms with Gasteiger partial charge in [0.2, 0.25) is 5.91 Å². The second-order valence-corrected chi connectivity index (χ2v) is 10.3. The van der Waals surface area contributed by atoms with E-state index in [1.807, 2.05) is 17.2 Å². The molecule has 3 N–H and O–H groups in total. The summed E-state index contributed by atoms with van der Waals surface area (Å²) in [6, 6.07) is 8.53. The number of amides is 1. The summed E-state index contributed by atoms with van der Waals surface area (Å²) in [5.74, 6) is 1.85. The van der Waals surface area contributed by atoms with Crippen LogP contribution in [-0.4, -0.2) is 63.1 Å². The topological polar surface area (TPSA) is 117 Å². The van der Waals surface area contributed by atoms with Crippen LogP contribution < -0.4 is 15.4 Å². The van der Waals surface area contributed by atoms with E-state index in [4.69, 9.17) is 9.47 Å². The first kappa shape index (κ1) is 26.7. The molecular weight excluding hydrogens is 525 g/mol. The summed E-state index contributed by atoms with van der Waals surface area (Å²) in [7, 11) is 0. The van der Waals surface area contributed by atoms with Gasteiger partial charge in [-0.1, -0.05) is 6.58 Å². The van der Waals surface area contributed by atoms with Crippen molar-refractivity contribution in [1.29, 1.82) is 0 Å². The molecule has 0 radical (unpaired) electrons. The second kappa shape index (κ2) is 11.9. The van der Waals surface area contributed by atoms with E-state index in [2.05, 4.69) is 37.1 Å². The Morgan fingerprint density at radius 2 is 1.90 bits per heavy atom. The number of H-pyrrole nitrogens is 1. The zero-order valence-electron chi connectivity index (χ0n) is 22.6. The van der Waals surface area contributed by atoms with Gasteiger partial charge in [0.25, 0.3) is 0 Å². The van der Waals surface area contributed by atoms with E-state index in [-0.39, 0.29) is 17.5 Å². The van der Waals surface area contributed by atoms with Crippen LogP contribution in [0.2, 0.25) is 0 Å². The van der Waals surface area contributed by atoms with Crippen LogP contribution in [0.4, 0.5) is 21.7 Å². The molecule has 41 heavy (non-hydrogen) atoms. The first-order chi connectivity index (χ1) is 20.1. The quantitative estimate of drug-likeness (QED) is 0.243. The molecule has 3 aromatic heterocycles. The number of nitrogens with zero attached hydrogens (tertiary/aromatic N) is 4. The van der Waals surface area contributed by atoms with E-state index in [9.17, 15) is 4.79 Å². The van der Waals surface area contributed by atoms with Crippen molar-refractivity contribution in [2.45, 2.75) is 37.6 Å². The van der Waals surface area contributed by atoms with E-state index >= 15 is 4.39 Å². The monoisotopic (exact) mass is 557 g/mol. The molecule has 2 fully saturated rings. The Hall–Kier alpha value is -4.51. The van der Waals surface area contributed by atoms with Gasteiger partial charge in [0.1, 0.15) is 40.9 Å². The summed E-state index contributed by atoms with van der Waals surface area (Å²) in [5.41, 5.74) is 2.00. The number of aromatic amines is 1. The third-order valence-corrected chi connectivity index (χ3v) is 7.66. The fourth-order valence-electron chi connectivity index (χ4n) is 5.47. The van der Waals surface area contributed by atoms with E-state index in [1.54, 1.807) is 24.4 Å². The first-order valence-corrected chi connectivity index (χ1v) is 13.9. The molecule has 0 bridgehead atoms. The number of rotatable bonds is 8. The minimum absolute atomic E-state index is 0.0491. The molecule has 0 aliphatic carbocycles. The minimum atomic E-state index is -0.475. The zero-order valence-corrected chi connectivity index (χ0v) is 22.6. The number of likely N-dealkylation sites (tertiary alicyclic amines) is 1. The number of piperidine rings is 1. The van der Waals surface area contributed by atoms with Gasteiger partial charge in [-0.05, 0) is 61.4 Å². The minimum Gasteiger partial charge on any atom is -0.457 e. The lowest BCUT2D eigenvalue weighted by Crippen LogP contribution is -2.36. The summed E-state index contributed by atoms with van der Waals surface area (Å²) in [6.07, 6.45) is 9.86. The van der Waals surface area contributed by atoms with E-state index in [0.717, 1.165) is 49.8 Å². The van der Waals surface area contributed by atoms with Crippen molar-refractivity contribution in [2.24, 2.45) is 0 Å². The molecule has 0 saturated carbocycles. The number of fused-ring (bicyclic) bond motifs is 1. The standard InChI is InChI=1S/C30H32FN7O3/c1-2-27(39)38-11-6-19(7-12-38)23-17-33-29-28(23)30(35-18-34-29)37-25-4-3-21(15-24(25)31)41-22-5-10-32-26(16-22)36-20-8-13-40-14-9-20/h2-5,10,15-20H,1,6-9,11-14H2,(H,32,36)(H2,33,34,35,37). The van der Waals surface area contributed by atoms with Crippen LogP contribution in [-0.2, 0) is 9.53 Å². The lowest BCUT2D eigenvalue weighted by Gasteiger charge is -2.31. The number of hydrogen-bond acceptors (Lipinski definition) is 8. The zero-order chi connectivity index (χ0) is 28.2. The van der Waals surface area contributed by atoms with E-state index in [1.165, 1.54) is 18.5 Å². The number of halogens is 1. The molecule has 11 heteroatoms. The van der Waals surface area contributed by atoms with Gasteiger partial charge < -0.3 is 30.0 Å². The normalized spacial score (nSPS) is 16.5. The van der Waals surface area contributed by atoms with Crippen molar-refractivity contribution in [3.63, 3.8) is 0 Å². The molecule has 0 atom stereocenters. The summed E-state index contributed by atoms with van der Waals surface area (Å²) < 4.78 is 26.6. The third kappa shape index (κ3) is 5.99. The predicted molar refractivity (Wildman–Crippen MR) is 154 cm³/mol. The van der Waals surface area contributed by atoms with Crippen LogP contribution in [0.5, 0.6) is 11.5 Å². The molecular formula is C30H32FN7O3. The molecule has 2 saturated heterocycles. The Kier molecular flexibility index (Phi) is 7.77. The highest BCUT2D eigenvalue weighted by molar-refractivity contribution is 5.92. The van der Waals surface area contributed by atoms with Crippen molar-refractivity contribution in [3.8, 4) is 11.5 Å². The summed E-state index contributed by atoms with van der Waals surface area (Å²) >= 11 is 0. The van der Waals surface area contributed by atoms with Crippen LogP contribution in [0.25, 0.3) is 11.0 Å². The molecule has 5 heterocycles. The molecule has 212 valence electrons. The van der Waals surface area contributed by atoms with Crippen LogP contribution in [0.15, 0.2) is 61.7 Å². The third-order valence-electron chi connectivity index (χ3n) is 7.66. The Bertz CT molecular complexity index is 1540. The van der Waals surface area contributed by atoms with Crippen LogP contribution >= 0.6 is 0 Å². The molecule has 4 aromatic rings. The number of pyridine rings is 1. The first-order valence-electron chi connectivity index (χ1n) is 13.9. The Morgan fingerprint density at radius 1 is 1.10 bits per heavy atom. The number of hydrogen-bond donors (Lipinski definition) is 3. The van der Waals surface area contributed by atoms with Gasteiger partial charge in [-0.3, -0.25) is 4.79 Å². The fourth-order valence-corrected chi connectivity index (χ4v) is 5.47. The summed E-state index contributed by atoms with van der Waals surface area (Å²) in [6.45, 7) is 6.36. The number of carbonyl (C=O) groups is 1. The van der Waals surface area contributed by atoms with Gasteiger partial charge in [-0.25, -0.2) is 19.3 Å². The fraction of sp³-hybridized carbons (Fsp3) is 0.333. The Morgan fingerprint density at radius 3 is 2.68 bits per heavy atom. The number of anilines is 3. The van der Waals surface area contributed by atoms with Gasteiger partial charge in [0.05, 0.1) is 11.1 Å². The maximum atomic E-state index is 15.3. The number of carbonyl (C=O) groups excluding carboxylic acids is 1. The highest BCUT2D eigenvalue weighted by Gasteiger charge is 2.26. The predicted octanol–water partition coefficient (Wildman–Crippen LogP) is 5.51. The molecule has 1 amide bonds. The molecule has 1 aromatic carbocycles. The Balaban J connectivity index is 1.16. The molecule has 2 aliphatic rings. The lowest BCUT2D eigenvalue weighted by atomic mass is 9.89. The second-order valence-electron chi connectivity index (χ2n) is 10.3. The van der Waals surface area contributed by atoms with Crippen LogP contribution in [0.1, 0.15) is 37.2 Å². The molecule has 0 spiro atoms. The van der Waals surface area contributed by atoms with Gasteiger partial charge in [0, 0.05) is 56.9 Å². The van der Waals surface area contributed by atoms with Crippen molar-refractivity contribution in [2.75, 3.05) is 36.9 Å². The summed E-state index contributed by atoms with van der Waals surface area (Å²) in [5, 5.41) is 7.39. The lowest BCUT2D eigenvalue weighted by molar-refractivity contribution is -0.127. The van der Waals surface area contributed by atoms with Gasteiger partial charge in [0.15, 0.2) is 0 Å². The van der Waals surface area contributed by atoms with Gasteiger partial charge in [-0.15, -0.1) is 0 Å². The SMILES string of the molecule is C=CC(=O)N1CCC(c2c[nH]c3ncnc(Nc4ccc(Oc5ccnc(NC6CCOCC6)c5)cc4F)c23)CC1. The number of benzene rings is 1. The average molecular weight is 558 g/mol. The maximum Gasteiger partial charge on any atom is 0.245 e.